The molecule has 1 saturated carbocycles. The summed E-state index contributed by atoms with van der Waals surface area (Å²) in [4.78, 5) is 19.3. The molecule has 1 saturated heterocycles. The quantitative estimate of drug-likeness (QED) is 0.756. The van der Waals surface area contributed by atoms with E-state index in [9.17, 15) is 4.79 Å². The lowest BCUT2D eigenvalue weighted by molar-refractivity contribution is -0.132. The zero-order chi connectivity index (χ0) is 18.6. The first kappa shape index (κ1) is 18.0. The fourth-order valence-corrected chi connectivity index (χ4v) is 4.34. The van der Waals surface area contributed by atoms with Gasteiger partial charge in [-0.25, -0.2) is 0 Å². The van der Waals surface area contributed by atoms with Gasteiger partial charge in [-0.05, 0) is 37.3 Å². The number of rotatable bonds is 6. The second-order valence-corrected chi connectivity index (χ2v) is 7.62. The lowest BCUT2D eigenvalue weighted by Gasteiger charge is -2.22. The number of ether oxygens (including phenoxy) is 1. The van der Waals surface area contributed by atoms with Crippen molar-refractivity contribution >= 4 is 5.91 Å². The summed E-state index contributed by atoms with van der Waals surface area (Å²) in [6.07, 6.45) is 8.72. The number of aromatic nitrogens is 2. The van der Waals surface area contributed by atoms with Gasteiger partial charge >= 0.3 is 0 Å². The summed E-state index contributed by atoms with van der Waals surface area (Å²) in [6, 6.07) is 7.50. The number of methoxy groups -OCH3 is 1. The van der Waals surface area contributed by atoms with Crippen molar-refractivity contribution in [1.82, 2.24) is 15.0 Å². The van der Waals surface area contributed by atoms with Crippen LogP contribution >= 0.6 is 0 Å². The largest absolute Gasteiger partial charge is 0.497 e. The second kappa shape index (κ2) is 8.11. The fraction of sp³-hybridized carbons (Fsp3) is 0.571. The second-order valence-electron chi connectivity index (χ2n) is 7.62. The molecule has 2 fully saturated rings. The van der Waals surface area contributed by atoms with Gasteiger partial charge in [0, 0.05) is 18.5 Å². The predicted molar refractivity (Wildman–Crippen MR) is 101 cm³/mol. The highest BCUT2D eigenvalue weighted by molar-refractivity contribution is 5.77. The van der Waals surface area contributed by atoms with Crippen molar-refractivity contribution in [3.8, 4) is 17.1 Å². The Morgan fingerprint density at radius 3 is 2.93 bits per heavy atom. The molecule has 6 heteroatoms. The maximum Gasteiger partial charge on any atom is 0.249 e. The molecule has 1 amide bonds. The smallest absolute Gasteiger partial charge is 0.249 e. The molecule has 1 atom stereocenters. The van der Waals surface area contributed by atoms with Gasteiger partial charge in [0.1, 0.15) is 11.8 Å². The molecule has 1 aromatic carbocycles. The molecule has 1 aromatic heterocycles. The van der Waals surface area contributed by atoms with Crippen LogP contribution in [-0.2, 0) is 4.79 Å². The van der Waals surface area contributed by atoms with Gasteiger partial charge in [0.05, 0.1) is 7.11 Å². The van der Waals surface area contributed by atoms with Crippen LogP contribution in [0.25, 0.3) is 11.4 Å². The summed E-state index contributed by atoms with van der Waals surface area (Å²) >= 11 is 0. The number of benzene rings is 1. The van der Waals surface area contributed by atoms with E-state index in [4.69, 9.17) is 9.26 Å². The van der Waals surface area contributed by atoms with Crippen molar-refractivity contribution in [2.24, 2.45) is 5.92 Å². The van der Waals surface area contributed by atoms with Gasteiger partial charge in [-0.3, -0.25) is 4.79 Å². The van der Waals surface area contributed by atoms with Gasteiger partial charge in [0.25, 0.3) is 0 Å². The van der Waals surface area contributed by atoms with Gasteiger partial charge in [0.15, 0.2) is 0 Å². The van der Waals surface area contributed by atoms with Gasteiger partial charge in [-0.1, -0.05) is 43.0 Å². The molecule has 1 unspecified atom stereocenters. The van der Waals surface area contributed by atoms with Crippen molar-refractivity contribution in [3.05, 3.63) is 30.2 Å². The molecule has 1 aliphatic heterocycles. The summed E-state index contributed by atoms with van der Waals surface area (Å²) in [5.41, 5.74) is 0.849. The van der Waals surface area contributed by atoms with Crippen molar-refractivity contribution in [1.29, 1.82) is 0 Å². The molecule has 0 bridgehead atoms. The van der Waals surface area contributed by atoms with E-state index < -0.39 is 0 Å². The Bertz CT molecular complexity index is 782. The lowest BCUT2D eigenvalue weighted by Crippen LogP contribution is -2.30. The van der Waals surface area contributed by atoms with Crippen LogP contribution in [0.5, 0.6) is 5.75 Å². The van der Waals surface area contributed by atoms with Crippen LogP contribution in [0.15, 0.2) is 28.8 Å². The lowest BCUT2D eigenvalue weighted by atomic mass is 10.0. The molecule has 2 heterocycles. The molecule has 0 radical (unpaired) electrons. The van der Waals surface area contributed by atoms with Crippen LogP contribution in [-0.4, -0.2) is 34.6 Å². The predicted octanol–water partition coefficient (Wildman–Crippen LogP) is 4.38. The first-order valence-corrected chi connectivity index (χ1v) is 10.0. The van der Waals surface area contributed by atoms with Crippen molar-refractivity contribution < 1.29 is 14.1 Å². The maximum absolute atomic E-state index is 12.8. The molecular formula is C21H27N3O3. The number of carbonyl (C=O) groups excluding carboxylic acids is 1. The highest BCUT2D eigenvalue weighted by Gasteiger charge is 2.34. The Morgan fingerprint density at radius 2 is 2.11 bits per heavy atom. The van der Waals surface area contributed by atoms with Gasteiger partial charge < -0.3 is 14.2 Å². The third-order valence-electron chi connectivity index (χ3n) is 5.87. The summed E-state index contributed by atoms with van der Waals surface area (Å²) < 4.78 is 10.8. The minimum Gasteiger partial charge on any atom is -0.497 e. The van der Waals surface area contributed by atoms with Crippen LogP contribution < -0.4 is 4.74 Å². The number of hydrogen-bond donors (Lipinski definition) is 0. The number of carbonyl (C=O) groups is 1. The Morgan fingerprint density at radius 1 is 1.26 bits per heavy atom. The number of hydrogen-bond acceptors (Lipinski definition) is 5. The molecule has 0 N–H and O–H groups in total. The Hall–Kier alpha value is -2.37. The van der Waals surface area contributed by atoms with Crippen LogP contribution in [0.3, 0.4) is 0 Å². The Kier molecular flexibility index (Phi) is 5.41. The normalized spacial score (nSPS) is 20.3. The van der Waals surface area contributed by atoms with E-state index in [0.29, 0.717) is 18.1 Å². The van der Waals surface area contributed by atoms with Crippen molar-refractivity contribution in [2.75, 3.05) is 13.7 Å². The zero-order valence-electron chi connectivity index (χ0n) is 15.9. The summed E-state index contributed by atoms with van der Waals surface area (Å²) in [5, 5.41) is 4.13. The molecule has 4 rings (SSSR count). The third-order valence-corrected chi connectivity index (χ3v) is 5.87. The minimum atomic E-state index is -0.0899. The first-order valence-electron chi connectivity index (χ1n) is 10.0. The number of likely N-dealkylation sites (tertiary alicyclic amines) is 1. The summed E-state index contributed by atoms with van der Waals surface area (Å²) in [6.45, 7) is 0.783. The fourth-order valence-electron chi connectivity index (χ4n) is 4.34. The van der Waals surface area contributed by atoms with Gasteiger partial charge in [-0.15, -0.1) is 0 Å². The van der Waals surface area contributed by atoms with Crippen LogP contribution in [0.2, 0.25) is 0 Å². The standard InChI is InChI=1S/C21H27N3O3/c1-26-17-9-4-8-16(14-17)20-22-21(27-23-20)18-10-5-13-24(18)19(25)12-11-15-6-2-3-7-15/h4,8-9,14-15,18H,2-3,5-7,10-13H2,1H3. The first-order chi connectivity index (χ1) is 13.2. The molecule has 0 spiro atoms. The molecule has 27 heavy (non-hydrogen) atoms. The van der Waals surface area contributed by atoms with E-state index in [1.54, 1.807) is 7.11 Å². The third kappa shape index (κ3) is 3.99. The van der Waals surface area contributed by atoms with E-state index in [1.165, 1.54) is 25.7 Å². The molecule has 1 aliphatic carbocycles. The van der Waals surface area contributed by atoms with Crippen LogP contribution in [0, 0.1) is 5.92 Å². The SMILES string of the molecule is COc1cccc(-c2noc(C3CCCN3C(=O)CCC3CCCC3)n2)c1. The van der Waals surface area contributed by atoms with Crippen molar-refractivity contribution in [3.63, 3.8) is 0 Å². The van der Waals surface area contributed by atoms with Crippen LogP contribution in [0.4, 0.5) is 0 Å². The van der Waals surface area contributed by atoms with Gasteiger partial charge in [0.2, 0.25) is 17.6 Å². The molecule has 2 aromatic rings. The van der Waals surface area contributed by atoms with Crippen molar-refractivity contribution in [2.45, 2.75) is 57.4 Å². The Labute approximate surface area is 159 Å². The topological polar surface area (TPSA) is 68.5 Å². The average Bonchev–Trinajstić information content (AvgIpc) is 3.47. The van der Waals surface area contributed by atoms with E-state index in [2.05, 4.69) is 10.1 Å². The minimum absolute atomic E-state index is 0.0899. The summed E-state index contributed by atoms with van der Waals surface area (Å²) in [7, 11) is 1.63. The molecule has 2 aliphatic rings. The molecular weight excluding hydrogens is 342 g/mol. The van der Waals surface area contributed by atoms with E-state index >= 15 is 0 Å². The van der Waals surface area contributed by atoms with Crippen LogP contribution in [0.1, 0.15) is 63.3 Å². The van der Waals surface area contributed by atoms with E-state index in [-0.39, 0.29) is 11.9 Å². The summed E-state index contributed by atoms with van der Waals surface area (Å²) in [5.74, 6) is 2.79. The number of nitrogens with zero attached hydrogens (tertiary/aromatic N) is 3. The number of amides is 1. The van der Waals surface area contributed by atoms with E-state index in [0.717, 1.165) is 43.0 Å². The maximum atomic E-state index is 12.8. The van der Waals surface area contributed by atoms with Gasteiger partial charge in [-0.2, -0.15) is 4.98 Å². The van der Waals surface area contributed by atoms with E-state index in [1.807, 2.05) is 29.2 Å². The zero-order valence-corrected chi connectivity index (χ0v) is 15.9. The highest BCUT2D eigenvalue weighted by Crippen LogP contribution is 2.34. The molecule has 144 valence electrons. The monoisotopic (exact) mass is 369 g/mol. The highest BCUT2D eigenvalue weighted by atomic mass is 16.5. The Balaban J connectivity index is 1.44. The average molecular weight is 369 g/mol. The molecule has 6 nitrogen and oxygen atoms in total.